The lowest BCUT2D eigenvalue weighted by Crippen LogP contribution is -2.30. The summed E-state index contributed by atoms with van der Waals surface area (Å²) in [7, 11) is 2.19. The van der Waals surface area contributed by atoms with Crippen LogP contribution in [0.2, 0.25) is 0 Å². The van der Waals surface area contributed by atoms with Crippen molar-refractivity contribution in [3.8, 4) is 0 Å². The van der Waals surface area contributed by atoms with Crippen LogP contribution in [0, 0.1) is 0 Å². The summed E-state index contributed by atoms with van der Waals surface area (Å²) < 4.78 is 0. The van der Waals surface area contributed by atoms with Crippen molar-refractivity contribution < 1.29 is 0 Å². The molecule has 0 saturated heterocycles. The zero-order valence-corrected chi connectivity index (χ0v) is 7.60. The molecule has 0 saturated carbocycles. The standard InChI is InChI=1S/C9H17N/c1-6-7(2)9(4)10(5)8(6)3/h8-9H,1-5H3. The van der Waals surface area contributed by atoms with E-state index < -0.39 is 0 Å². The van der Waals surface area contributed by atoms with Crippen LogP contribution in [-0.4, -0.2) is 24.0 Å². The largest absolute Gasteiger partial charge is 0.294 e. The molecule has 0 amide bonds. The van der Waals surface area contributed by atoms with Gasteiger partial charge in [0.25, 0.3) is 0 Å². The second-order valence-corrected chi connectivity index (χ2v) is 3.38. The molecule has 1 aliphatic rings. The van der Waals surface area contributed by atoms with Crippen molar-refractivity contribution in [2.75, 3.05) is 7.05 Å². The highest BCUT2D eigenvalue weighted by molar-refractivity contribution is 5.26. The molecular weight excluding hydrogens is 122 g/mol. The monoisotopic (exact) mass is 139 g/mol. The molecular formula is C9H17N. The van der Waals surface area contributed by atoms with E-state index in [1.54, 1.807) is 11.1 Å². The first-order valence-corrected chi connectivity index (χ1v) is 3.95. The van der Waals surface area contributed by atoms with Crippen molar-refractivity contribution in [2.24, 2.45) is 0 Å². The van der Waals surface area contributed by atoms with Crippen LogP contribution >= 0.6 is 0 Å². The molecule has 0 N–H and O–H groups in total. The maximum absolute atomic E-state index is 2.41. The van der Waals surface area contributed by atoms with Gasteiger partial charge in [-0.15, -0.1) is 0 Å². The second-order valence-electron chi connectivity index (χ2n) is 3.38. The maximum atomic E-state index is 2.41. The Morgan fingerprint density at radius 2 is 1.30 bits per heavy atom. The van der Waals surface area contributed by atoms with Crippen molar-refractivity contribution in [1.82, 2.24) is 4.90 Å². The van der Waals surface area contributed by atoms with Crippen LogP contribution in [0.25, 0.3) is 0 Å². The zero-order chi connectivity index (χ0) is 7.89. The van der Waals surface area contributed by atoms with Crippen LogP contribution in [0.15, 0.2) is 11.1 Å². The molecule has 0 aliphatic carbocycles. The molecule has 0 aromatic carbocycles. The first-order chi connectivity index (χ1) is 4.55. The third kappa shape index (κ3) is 0.891. The molecule has 1 heterocycles. The molecule has 0 bridgehead atoms. The van der Waals surface area contributed by atoms with Gasteiger partial charge in [0, 0.05) is 12.1 Å². The molecule has 2 atom stereocenters. The van der Waals surface area contributed by atoms with Crippen molar-refractivity contribution in [1.29, 1.82) is 0 Å². The first-order valence-electron chi connectivity index (χ1n) is 3.95. The van der Waals surface area contributed by atoms with Gasteiger partial charge in [0.1, 0.15) is 0 Å². The topological polar surface area (TPSA) is 3.24 Å². The van der Waals surface area contributed by atoms with Gasteiger partial charge < -0.3 is 0 Å². The van der Waals surface area contributed by atoms with Gasteiger partial charge in [-0.3, -0.25) is 4.90 Å². The summed E-state index contributed by atoms with van der Waals surface area (Å²) in [5.41, 5.74) is 3.10. The zero-order valence-electron chi connectivity index (χ0n) is 7.60. The lowest BCUT2D eigenvalue weighted by molar-refractivity contribution is 0.275. The Morgan fingerprint density at radius 3 is 1.40 bits per heavy atom. The average Bonchev–Trinajstić information content (AvgIpc) is 2.07. The van der Waals surface area contributed by atoms with Gasteiger partial charge in [-0.25, -0.2) is 0 Å². The van der Waals surface area contributed by atoms with Crippen LogP contribution < -0.4 is 0 Å². The molecule has 1 nitrogen and oxygen atoms in total. The Balaban J connectivity index is 2.88. The first kappa shape index (κ1) is 7.80. The summed E-state index contributed by atoms with van der Waals surface area (Å²) in [6.07, 6.45) is 0. The summed E-state index contributed by atoms with van der Waals surface area (Å²) >= 11 is 0. The normalized spacial score (nSPS) is 35.7. The number of likely N-dealkylation sites (N-methyl/N-ethyl adjacent to an activating group) is 1. The van der Waals surface area contributed by atoms with E-state index in [0.29, 0.717) is 12.1 Å². The van der Waals surface area contributed by atoms with Crippen molar-refractivity contribution in [2.45, 2.75) is 39.8 Å². The fourth-order valence-corrected chi connectivity index (χ4v) is 1.61. The van der Waals surface area contributed by atoms with Crippen LogP contribution in [0.3, 0.4) is 0 Å². The fraction of sp³-hybridized carbons (Fsp3) is 0.778. The summed E-state index contributed by atoms with van der Waals surface area (Å²) in [5.74, 6) is 0. The number of nitrogens with zero attached hydrogens (tertiary/aromatic N) is 1. The van der Waals surface area contributed by atoms with E-state index in [0.717, 1.165) is 0 Å². The highest BCUT2D eigenvalue weighted by Crippen LogP contribution is 2.27. The Morgan fingerprint density at radius 1 is 1.00 bits per heavy atom. The molecule has 2 unspecified atom stereocenters. The van der Waals surface area contributed by atoms with Gasteiger partial charge in [0.2, 0.25) is 0 Å². The summed E-state index contributed by atoms with van der Waals surface area (Å²) in [6.45, 7) is 9.00. The van der Waals surface area contributed by atoms with Gasteiger partial charge in [-0.2, -0.15) is 0 Å². The van der Waals surface area contributed by atoms with Crippen molar-refractivity contribution in [3.63, 3.8) is 0 Å². The van der Waals surface area contributed by atoms with E-state index in [1.807, 2.05) is 0 Å². The number of hydrogen-bond acceptors (Lipinski definition) is 1. The molecule has 1 rings (SSSR count). The molecule has 0 fully saturated rings. The molecule has 0 aromatic heterocycles. The smallest absolute Gasteiger partial charge is 0.0282 e. The predicted octanol–water partition coefficient (Wildman–Crippen LogP) is 2.05. The predicted molar refractivity (Wildman–Crippen MR) is 45.1 cm³/mol. The number of hydrogen-bond donors (Lipinski definition) is 0. The molecule has 0 aromatic rings. The third-order valence-electron chi connectivity index (χ3n) is 3.10. The highest BCUT2D eigenvalue weighted by atomic mass is 15.2. The van der Waals surface area contributed by atoms with Gasteiger partial charge in [-0.1, -0.05) is 11.1 Å². The Bertz CT molecular complexity index is 152. The minimum absolute atomic E-state index is 0.648. The van der Waals surface area contributed by atoms with Gasteiger partial charge in [0.05, 0.1) is 0 Å². The van der Waals surface area contributed by atoms with E-state index in [1.165, 1.54) is 0 Å². The van der Waals surface area contributed by atoms with Crippen molar-refractivity contribution in [3.05, 3.63) is 11.1 Å². The minimum atomic E-state index is 0.648. The Kier molecular flexibility index (Phi) is 1.86. The summed E-state index contributed by atoms with van der Waals surface area (Å²) in [6, 6.07) is 1.30. The van der Waals surface area contributed by atoms with Crippen molar-refractivity contribution >= 4 is 0 Å². The van der Waals surface area contributed by atoms with E-state index in [9.17, 15) is 0 Å². The lowest BCUT2D eigenvalue weighted by Gasteiger charge is -2.21. The summed E-state index contributed by atoms with van der Waals surface area (Å²) in [4.78, 5) is 2.41. The molecule has 58 valence electrons. The molecule has 0 radical (unpaired) electrons. The molecule has 0 spiro atoms. The van der Waals surface area contributed by atoms with Crippen LogP contribution in [0.1, 0.15) is 27.7 Å². The van der Waals surface area contributed by atoms with E-state index in [-0.39, 0.29) is 0 Å². The quantitative estimate of drug-likeness (QED) is 0.464. The van der Waals surface area contributed by atoms with E-state index >= 15 is 0 Å². The van der Waals surface area contributed by atoms with Gasteiger partial charge in [0.15, 0.2) is 0 Å². The molecule has 10 heavy (non-hydrogen) atoms. The number of rotatable bonds is 0. The highest BCUT2D eigenvalue weighted by Gasteiger charge is 2.27. The lowest BCUT2D eigenvalue weighted by atomic mass is 10.1. The fourth-order valence-electron chi connectivity index (χ4n) is 1.61. The summed E-state index contributed by atoms with van der Waals surface area (Å²) in [5, 5.41) is 0. The van der Waals surface area contributed by atoms with Gasteiger partial charge >= 0.3 is 0 Å². The molecule has 1 aliphatic heterocycles. The van der Waals surface area contributed by atoms with Crippen LogP contribution in [-0.2, 0) is 0 Å². The SMILES string of the molecule is CC1=C(C)C(C)N(C)C1C. The Hall–Kier alpha value is -0.300. The average molecular weight is 139 g/mol. The van der Waals surface area contributed by atoms with Gasteiger partial charge in [-0.05, 0) is 34.7 Å². The minimum Gasteiger partial charge on any atom is -0.294 e. The third-order valence-corrected chi connectivity index (χ3v) is 3.10. The van der Waals surface area contributed by atoms with Crippen LogP contribution in [0.5, 0.6) is 0 Å². The van der Waals surface area contributed by atoms with Crippen LogP contribution in [0.4, 0.5) is 0 Å². The van der Waals surface area contributed by atoms with E-state index in [4.69, 9.17) is 0 Å². The maximum Gasteiger partial charge on any atom is 0.0282 e. The Labute approximate surface area is 63.7 Å². The molecule has 1 heteroatoms. The van der Waals surface area contributed by atoms with E-state index in [2.05, 4.69) is 39.6 Å². The second kappa shape index (κ2) is 2.39.